The van der Waals surface area contributed by atoms with Crippen LogP contribution in [0.2, 0.25) is 0 Å². The second-order valence-corrected chi connectivity index (χ2v) is 5.59. The number of nitrogens with one attached hydrogen (secondary N) is 3. The van der Waals surface area contributed by atoms with Crippen molar-refractivity contribution in [2.45, 2.75) is 19.6 Å². The van der Waals surface area contributed by atoms with Crippen LogP contribution in [0.3, 0.4) is 0 Å². The Bertz CT molecular complexity index is 811. The summed E-state index contributed by atoms with van der Waals surface area (Å²) in [7, 11) is 1.64. The van der Waals surface area contributed by atoms with Crippen molar-refractivity contribution >= 4 is 22.8 Å². The molecule has 6 nitrogen and oxygen atoms in total. The molecule has 0 bridgehead atoms. The molecule has 0 spiro atoms. The zero-order valence-electron chi connectivity index (χ0n) is 13.7. The summed E-state index contributed by atoms with van der Waals surface area (Å²) in [6.07, 6.45) is 0. The molecule has 2 amide bonds. The Hall–Kier alpha value is -2.86. The van der Waals surface area contributed by atoms with E-state index in [1.807, 2.05) is 55.5 Å². The number of benzene rings is 2. The first kappa shape index (κ1) is 16.0. The Balaban J connectivity index is 1.64. The summed E-state index contributed by atoms with van der Waals surface area (Å²) in [5.74, 6) is 0.722. The second-order valence-electron chi connectivity index (χ2n) is 5.59. The lowest BCUT2D eigenvalue weighted by molar-refractivity contribution is 0.185. The molecule has 0 aliphatic carbocycles. The van der Waals surface area contributed by atoms with Crippen LogP contribution in [0, 0.1) is 0 Å². The highest BCUT2D eigenvalue weighted by atomic mass is 16.5. The third-order valence-corrected chi connectivity index (χ3v) is 3.66. The number of rotatable bonds is 5. The number of hydrogen-bond acceptors (Lipinski definition) is 3. The molecule has 0 radical (unpaired) electrons. The molecule has 1 unspecified atom stereocenters. The third-order valence-electron chi connectivity index (χ3n) is 3.66. The van der Waals surface area contributed by atoms with Crippen LogP contribution in [0.5, 0.6) is 0 Å². The van der Waals surface area contributed by atoms with Gasteiger partial charge in [0.2, 0.25) is 0 Å². The molecule has 0 aliphatic heterocycles. The SMILES string of the molecule is COCc1cccc(NC(=O)NC(C)c2nc3ccccc3[nH]2)c1. The number of imidazole rings is 1. The number of ether oxygens (including phenoxy) is 1. The first-order chi connectivity index (χ1) is 11.7. The molecule has 3 rings (SSSR count). The molecule has 0 saturated carbocycles. The van der Waals surface area contributed by atoms with Gasteiger partial charge in [0.15, 0.2) is 0 Å². The van der Waals surface area contributed by atoms with Crippen molar-refractivity contribution in [1.29, 1.82) is 0 Å². The number of para-hydroxylation sites is 2. The van der Waals surface area contributed by atoms with Gasteiger partial charge in [-0.25, -0.2) is 9.78 Å². The summed E-state index contributed by atoms with van der Waals surface area (Å²) in [6, 6.07) is 14.8. The molecule has 1 heterocycles. The number of carbonyl (C=O) groups excluding carboxylic acids is 1. The number of hydrogen-bond donors (Lipinski definition) is 3. The lowest BCUT2D eigenvalue weighted by atomic mass is 10.2. The monoisotopic (exact) mass is 324 g/mol. The number of nitrogens with zero attached hydrogens (tertiary/aromatic N) is 1. The molecular weight excluding hydrogens is 304 g/mol. The van der Waals surface area contributed by atoms with Crippen molar-refractivity contribution in [3.63, 3.8) is 0 Å². The van der Waals surface area contributed by atoms with Crippen LogP contribution < -0.4 is 10.6 Å². The Labute approximate surface area is 140 Å². The molecule has 0 fully saturated rings. The summed E-state index contributed by atoms with van der Waals surface area (Å²) in [6.45, 7) is 2.39. The van der Waals surface area contributed by atoms with E-state index in [-0.39, 0.29) is 12.1 Å². The number of fused-ring (bicyclic) bond motifs is 1. The van der Waals surface area contributed by atoms with Gasteiger partial charge in [-0.2, -0.15) is 0 Å². The summed E-state index contributed by atoms with van der Waals surface area (Å²) in [5.41, 5.74) is 3.56. The van der Waals surface area contributed by atoms with Gasteiger partial charge in [0.25, 0.3) is 0 Å². The van der Waals surface area contributed by atoms with Crippen LogP contribution in [0.15, 0.2) is 48.5 Å². The van der Waals surface area contributed by atoms with Crippen molar-refractivity contribution in [2.24, 2.45) is 0 Å². The highest BCUT2D eigenvalue weighted by Crippen LogP contribution is 2.16. The Kier molecular flexibility index (Phi) is 4.77. The van der Waals surface area contributed by atoms with Gasteiger partial charge in [-0.3, -0.25) is 0 Å². The molecule has 124 valence electrons. The normalized spacial score (nSPS) is 12.1. The molecule has 0 saturated heterocycles. The summed E-state index contributed by atoms with van der Waals surface area (Å²) < 4.78 is 5.10. The average molecular weight is 324 g/mol. The fourth-order valence-electron chi connectivity index (χ4n) is 2.52. The van der Waals surface area contributed by atoms with Gasteiger partial charge >= 0.3 is 6.03 Å². The van der Waals surface area contributed by atoms with Gasteiger partial charge in [-0.1, -0.05) is 24.3 Å². The Morgan fingerprint density at radius 2 is 2.08 bits per heavy atom. The number of amides is 2. The number of urea groups is 1. The molecule has 3 aromatic rings. The summed E-state index contributed by atoms with van der Waals surface area (Å²) in [5, 5.41) is 5.71. The molecule has 6 heteroatoms. The van der Waals surface area contributed by atoms with Crippen molar-refractivity contribution < 1.29 is 9.53 Å². The number of H-pyrrole nitrogens is 1. The number of carbonyl (C=O) groups is 1. The van der Waals surface area contributed by atoms with Gasteiger partial charge in [0.1, 0.15) is 5.82 Å². The Morgan fingerprint density at radius 3 is 2.88 bits per heavy atom. The molecule has 24 heavy (non-hydrogen) atoms. The minimum absolute atomic E-state index is 0.237. The van der Waals surface area contributed by atoms with Crippen LogP contribution >= 0.6 is 0 Å². The third kappa shape index (κ3) is 3.72. The summed E-state index contributed by atoms with van der Waals surface area (Å²) >= 11 is 0. The molecule has 0 aliphatic rings. The highest BCUT2D eigenvalue weighted by Gasteiger charge is 2.13. The van der Waals surface area contributed by atoms with Crippen molar-refractivity contribution in [3.05, 3.63) is 59.9 Å². The van der Waals surface area contributed by atoms with Gasteiger partial charge < -0.3 is 20.4 Å². The zero-order chi connectivity index (χ0) is 16.9. The quantitative estimate of drug-likeness (QED) is 0.671. The van der Waals surface area contributed by atoms with Crippen LogP contribution in [-0.4, -0.2) is 23.1 Å². The number of aromatic amines is 1. The van der Waals surface area contributed by atoms with E-state index in [4.69, 9.17) is 4.74 Å². The van der Waals surface area contributed by atoms with Gasteiger partial charge in [-0.15, -0.1) is 0 Å². The van der Waals surface area contributed by atoms with E-state index >= 15 is 0 Å². The van der Waals surface area contributed by atoms with E-state index < -0.39 is 0 Å². The van der Waals surface area contributed by atoms with E-state index in [9.17, 15) is 4.79 Å². The van der Waals surface area contributed by atoms with Crippen LogP contribution in [0.25, 0.3) is 11.0 Å². The van der Waals surface area contributed by atoms with Crippen LogP contribution in [0.1, 0.15) is 24.4 Å². The predicted molar refractivity (Wildman–Crippen MR) is 93.8 cm³/mol. The maximum absolute atomic E-state index is 12.2. The fourth-order valence-corrected chi connectivity index (χ4v) is 2.52. The minimum Gasteiger partial charge on any atom is -0.380 e. The average Bonchev–Trinajstić information content (AvgIpc) is 2.99. The van der Waals surface area contributed by atoms with E-state index in [2.05, 4.69) is 20.6 Å². The smallest absolute Gasteiger partial charge is 0.319 e. The first-order valence-electron chi connectivity index (χ1n) is 7.76. The van der Waals surface area contributed by atoms with E-state index in [1.54, 1.807) is 7.11 Å². The zero-order valence-corrected chi connectivity index (χ0v) is 13.7. The second kappa shape index (κ2) is 7.14. The van der Waals surface area contributed by atoms with Gasteiger partial charge in [0, 0.05) is 12.8 Å². The van der Waals surface area contributed by atoms with Crippen LogP contribution in [0.4, 0.5) is 10.5 Å². The maximum Gasteiger partial charge on any atom is 0.319 e. The van der Waals surface area contributed by atoms with Crippen LogP contribution in [-0.2, 0) is 11.3 Å². The summed E-state index contributed by atoms with van der Waals surface area (Å²) in [4.78, 5) is 19.9. The lowest BCUT2D eigenvalue weighted by Crippen LogP contribution is -2.31. The number of methoxy groups -OCH3 is 1. The first-order valence-corrected chi connectivity index (χ1v) is 7.76. The Morgan fingerprint density at radius 1 is 1.25 bits per heavy atom. The van der Waals surface area contributed by atoms with Gasteiger partial charge in [0.05, 0.1) is 23.7 Å². The lowest BCUT2D eigenvalue weighted by Gasteiger charge is -2.13. The molecule has 1 aromatic heterocycles. The predicted octanol–water partition coefficient (Wildman–Crippen LogP) is 3.59. The van der Waals surface area contributed by atoms with E-state index in [1.165, 1.54) is 0 Å². The van der Waals surface area contributed by atoms with Crippen molar-refractivity contribution in [1.82, 2.24) is 15.3 Å². The minimum atomic E-state index is -0.280. The number of anilines is 1. The van der Waals surface area contributed by atoms with Gasteiger partial charge in [-0.05, 0) is 36.8 Å². The largest absolute Gasteiger partial charge is 0.380 e. The highest BCUT2D eigenvalue weighted by molar-refractivity contribution is 5.89. The van der Waals surface area contributed by atoms with E-state index in [0.717, 1.165) is 28.1 Å². The topological polar surface area (TPSA) is 79.0 Å². The van der Waals surface area contributed by atoms with Crippen molar-refractivity contribution in [2.75, 3.05) is 12.4 Å². The molecule has 2 aromatic carbocycles. The van der Waals surface area contributed by atoms with E-state index in [0.29, 0.717) is 6.61 Å². The number of aromatic nitrogens is 2. The standard InChI is InChI=1S/C18H20N4O2/c1-12(17-21-15-8-3-4-9-16(15)22-17)19-18(23)20-14-7-5-6-13(10-14)11-24-2/h3-10,12H,11H2,1-2H3,(H,21,22)(H2,19,20,23). The molecule has 3 N–H and O–H groups in total. The fraction of sp³-hybridized carbons (Fsp3) is 0.222. The van der Waals surface area contributed by atoms with Crippen molar-refractivity contribution in [3.8, 4) is 0 Å². The maximum atomic E-state index is 12.2. The molecule has 1 atom stereocenters. The molecular formula is C18H20N4O2.